The van der Waals surface area contributed by atoms with Crippen LogP contribution in [0.15, 0.2) is 30.3 Å². The van der Waals surface area contributed by atoms with Crippen molar-refractivity contribution in [1.82, 2.24) is 9.78 Å². The number of aryl methyl sites for hydroxylation is 2. The molecule has 1 N–H and O–H groups in total. The van der Waals surface area contributed by atoms with Gasteiger partial charge in [0.05, 0.1) is 28.9 Å². The highest BCUT2D eigenvalue weighted by molar-refractivity contribution is 7.92. The lowest BCUT2D eigenvalue weighted by Crippen LogP contribution is -2.30. The second-order valence-electron chi connectivity index (χ2n) is 6.26. The minimum atomic E-state index is -3.44. The predicted molar refractivity (Wildman–Crippen MR) is 94.0 cm³/mol. The van der Waals surface area contributed by atoms with Gasteiger partial charge in [-0.3, -0.25) is 4.72 Å². The molecule has 2 aromatic rings. The summed E-state index contributed by atoms with van der Waals surface area (Å²) in [6, 6.07) is 9.24. The summed E-state index contributed by atoms with van der Waals surface area (Å²) in [7, 11) is -3.44. The molecule has 1 atom stereocenters. The Balaban J connectivity index is 1.75. The molecule has 24 heavy (non-hydrogen) atoms. The molecule has 130 valence electrons. The number of ether oxygens (including phenoxy) is 1. The molecular formula is C17H23N3O3S. The van der Waals surface area contributed by atoms with Crippen LogP contribution in [0.4, 0.5) is 5.69 Å². The molecule has 0 unspecified atom stereocenters. The largest absolute Gasteiger partial charge is 0.377 e. The first-order valence-electron chi connectivity index (χ1n) is 8.19. The Kier molecular flexibility index (Phi) is 4.91. The van der Waals surface area contributed by atoms with Crippen LogP contribution in [0.3, 0.4) is 0 Å². The van der Waals surface area contributed by atoms with E-state index >= 15 is 0 Å². The van der Waals surface area contributed by atoms with Crippen molar-refractivity contribution in [3.05, 3.63) is 41.7 Å². The van der Waals surface area contributed by atoms with Crippen molar-refractivity contribution in [3.63, 3.8) is 0 Å². The first kappa shape index (κ1) is 17.0. The number of hydrogen-bond acceptors (Lipinski definition) is 4. The number of hydrogen-bond donors (Lipinski definition) is 1. The minimum Gasteiger partial charge on any atom is -0.377 e. The molecule has 3 rings (SSSR count). The van der Waals surface area contributed by atoms with Crippen molar-refractivity contribution in [3.8, 4) is 5.69 Å². The van der Waals surface area contributed by atoms with Gasteiger partial charge in [0, 0.05) is 12.3 Å². The lowest BCUT2D eigenvalue weighted by atomic mass is 10.1. The lowest BCUT2D eigenvalue weighted by Gasteiger charge is -2.22. The number of rotatable bonds is 5. The van der Waals surface area contributed by atoms with Gasteiger partial charge in [0.2, 0.25) is 10.0 Å². The quantitative estimate of drug-likeness (QED) is 0.901. The number of benzene rings is 1. The van der Waals surface area contributed by atoms with Gasteiger partial charge in [-0.25, -0.2) is 13.1 Å². The van der Waals surface area contributed by atoms with Gasteiger partial charge in [0.1, 0.15) is 0 Å². The highest BCUT2D eigenvalue weighted by Crippen LogP contribution is 2.19. The molecule has 0 bridgehead atoms. The van der Waals surface area contributed by atoms with E-state index in [0.717, 1.165) is 36.3 Å². The Hall–Kier alpha value is -1.86. The zero-order chi connectivity index (χ0) is 17.2. The zero-order valence-electron chi connectivity index (χ0n) is 14.0. The van der Waals surface area contributed by atoms with E-state index in [2.05, 4.69) is 9.82 Å². The van der Waals surface area contributed by atoms with Crippen molar-refractivity contribution in [1.29, 1.82) is 0 Å². The average molecular weight is 349 g/mol. The monoisotopic (exact) mass is 349 g/mol. The van der Waals surface area contributed by atoms with E-state index in [1.807, 2.05) is 32.0 Å². The predicted octanol–water partition coefficient (Wildman–Crippen LogP) is 2.80. The average Bonchev–Trinajstić information content (AvgIpc) is 2.86. The first-order valence-corrected chi connectivity index (χ1v) is 9.84. The van der Waals surface area contributed by atoms with Crippen LogP contribution < -0.4 is 4.72 Å². The van der Waals surface area contributed by atoms with E-state index in [9.17, 15) is 8.42 Å². The number of nitrogens with zero attached hydrogens (tertiary/aromatic N) is 2. The van der Waals surface area contributed by atoms with Crippen LogP contribution in [0.25, 0.3) is 5.69 Å². The molecule has 7 heteroatoms. The molecule has 1 aliphatic rings. The van der Waals surface area contributed by atoms with Gasteiger partial charge in [-0.15, -0.1) is 0 Å². The molecule has 0 saturated carbocycles. The first-order chi connectivity index (χ1) is 11.4. The highest BCUT2D eigenvalue weighted by atomic mass is 32.2. The summed E-state index contributed by atoms with van der Waals surface area (Å²) in [4.78, 5) is 0. The van der Waals surface area contributed by atoms with Gasteiger partial charge >= 0.3 is 0 Å². The van der Waals surface area contributed by atoms with Crippen LogP contribution >= 0.6 is 0 Å². The summed E-state index contributed by atoms with van der Waals surface area (Å²) in [6.07, 6.45) is 2.62. The maximum atomic E-state index is 12.4. The van der Waals surface area contributed by atoms with Gasteiger partial charge in [0.15, 0.2) is 0 Å². The third-order valence-corrected chi connectivity index (χ3v) is 5.41. The molecular weight excluding hydrogens is 326 g/mol. The van der Waals surface area contributed by atoms with E-state index in [1.54, 1.807) is 16.8 Å². The third kappa shape index (κ3) is 4.15. The van der Waals surface area contributed by atoms with Crippen LogP contribution in [0, 0.1) is 13.8 Å². The van der Waals surface area contributed by atoms with Gasteiger partial charge in [-0.1, -0.05) is 6.07 Å². The van der Waals surface area contributed by atoms with Crippen LogP contribution in [0.5, 0.6) is 0 Å². The summed E-state index contributed by atoms with van der Waals surface area (Å²) in [5.74, 6) is -0.00284. The van der Waals surface area contributed by atoms with Crippen molar-refractivity contribution in [2.24, 2.45) is 0 Å². The standard InChI is InChI=1S/C17H23N3O3S/c1-13-10-14(2)20(18-13)16-7-5-6-15(11-16)19-24(21,22)12-17-8-3-4-9-23-17/h5-7,10-11,17,19H,3-4,8-9,12H2,1-2H3/t17-/m1/s1. The SMILES string of the molecule is Cc1cc(C)n(-c2cccc(NS(=O)(=O)C[C@H]3CCCCO3)c2)n1. The van der Waals surface area contributed by atoms with E-state index in [1.165, 1.54) is 0 Å². The molecule has 0 aliphatic carbocycles. The van der Waals surface area contributed by atoms with Crippen LogP contribution in [0.1, 0.15) is 30.7 Å². The number of nitrogens with one attached hydrogen (secondary N) is 1. The summed E-state index contributed by atoms with van der Waals surface area (Å²) in [5.41, 5.74) is 3.29. The van der Waals surface area contributed by atoms with Crippen molar-refractivity contribution in [2.75, 3.05) is 17.1 Å². The van der Waals surface area contributed by atoms with Gasteiger partial charge in [-0.05, 0) is 57.4 Å². The third-order valence-electron chi connectivity index (χ3n) is 4.05. The van der Waals surface area contributed by atoms with E-state index < -0.39 is 10.0 Å². The fraction of sp³-hybridized carbons (Fsp3) is 0.471. The smallest absolute Gasteiger partial charge is 0.235 e. The summed E-state index contributed by atoms with van der Waals surface area (Å²) in [5, 5.41) is 4.43. The number of anilines is 1. The van der Waals surface area contributed by atoms with E-state index in [0.29, 0.717) is 12.3 Å². The second kappa shape index (κ2) is 6.94. The Labute approximate surface area is 142 Å². The molecule has 1 aromatic carbocycles. The Morgan fingerprint density at radius 1 is 1.29 bits per heavy atom. The molecule has 1 aliphatic heterocycles. The normalized spacial score (nSPS) is 18.5. The number of sulfonamides is 1. The maximum Gasteiger partial charge on any atom is 0.235 e. The summed E-state index contributed by atoms with van der Waals surface area (Å²) >= 11 is 0. The Morgan fingerprint density at radius 2 is 2.12 bits per heavy atom. The molecule has 1 fully saturated rings. The van der Waals surface area contributed by atoms with Crippen molar-refractivity contribution < 1.29 is 13.2 Å². The fourth-order valence-electron chi connectivity index (χ4n) is 3.00. The molecule has 0 spiro atoms. The summed E-state index contributed by atoms with van der Waals surface area (Å²) in [6.45, 7) is 4.55. The van der Waals surface area contributed by atoms with Crippen molar-refractivity contribution in [2.45, 2.75) is 39.2 Å². The molecule has 0 amide bonds. The Morgan fingerprint density at radius 3 is 2.79 bits per heavy atom. The highest BCUT2D eigenvalue weighted by Gasteiger charge is 2.22. The van der Waals surface area contributed by atoms with E-state index in [-0.39, 0.29) is 11.9 Å². The van der Waals surface area contributed by atoms with Gasteiger partial charge in [0.25, 0.3) is 0 Å². The molecule has 1 saturated heterocycles. The summed E-state index contributed by atoms with van der Waals surface area (Å²) < 4.78 is 34.7. The minimum absolute atomic E-state index is 0.00284. The molecule has 1 aromatic heterocycles. The maximum absolute atomic E-state index is 12.4. The molecule has 6 nitrogen and oxygen atoms in total. The second-order valence-corrected chi connectivity index (χ2v) is 8.03. The number of aromatic nitrogens is 2. The van der Waals surface area contributed by atoms with Gasteiger partial charge < -0.3 is 4.74 Å². The topological polar surface area (TPSA) is 73.2 Å². The van der Waals surface area contributed by atoms with Crippen LogP contribution in [-0.4, -0.2) is 36.7 Å². The zero-order valence-corrected chi connectivity index (χ0v) is 14.8. The van der Waals surface area contributed by atoms with Crippen LogP contribution in [0.2, 0.25) is 0 Å². The van der Waals surface area contributed by atoms with Crippen molar-refractivity contribution >= 4 is 15.7 Å². The van der Waals surface area contributed by atoms with Gasteiger partial charge in [-0.2, -0.15) is 5.10 Å². The lowest BCUT2D eigenvalue weighted by molar-refractivity contribution is 0.0306. The molecule has 0 radical (unpaired) electrons. The molecule has 2 heterocycles. The van der Waals surface area contributed by atoms with Crippen LogP contribution in [-0.2, 0) is 14.8 Å². The van der Waals surface area contributed by atoms with E-state index in [4.69, 9.17) is 4.74 Å². The Bertz CT molecular complexity index is 808. The fourth-order valence-corrected chi connectivity index (χ4v) is 4.32.